The molecule has 32 heavy (non-hydrogen) atoms. The number of guanidine groups is 1. The van der Waals surface area contributed by atoms with E-state index in [9.17, 15) is 4.79 Å². The summed E-state index contributed by atoms with van der Waals surface area (Å²) in [6.45, 7) is 8.50. The van der Waals surface area contributed by atoms with Crippen LogP contribution in [0, 0.1) is 6.92 Å². The number of aryl methyl sites for hydroxylation is 3. The Morgan fingerprint density at radius 3 is 2.91 bits per heavy atom. The predicted octanol–water partition coefficient (Wildman–Crippen LogP) is 1.86. The molecule has 2 heterocycles. The van der Waals surface area contributed by atoms with Crippen LogP contribution in [0.2, 0.25) is 0 Å². The standard InChI is InChI=1S/C23H36N6O3/c1-4-24-22(26-17-19-10-9-18(2)16-20(19)32-15-14-31-3)25-11-7-13-29-23(30)28-12-6-5-8-21(28)27-29/h9-10,16H,4-8,11-15,17H2,1-3H3,(H2,24,25,26). The van der Waals surface area contributed by atoms with Crippen molar-refractivity contribution in [2.75, 3.05) is 33.4 Å². The van der Waals surface area contributed by atoms with Gasteiger partial charge in [-0.25, -0.2) is 14.5 Å². The highest BCUT2D eigenvalue weighted by Crippen LogP contribution is 2.21. The van der Waals surface area contributed by atoms with Crippen molar-refractivity contribution in [2.45, 2.75) is 59.2 Å². The number of hydrogen-bond donors (Lipinski definition) is 2. The number of nitrogens with zero attached hydrogens (tertiary/aromatic N) is 4. The first-order valence-corrected chi connectivity index (χ1v) is 11.5. The molecule has 2 N–H and O–H groups in total. The molecule has 0 saturated carbocycles. The fourth-order valence-electron chi connectivity index (χ4n) is 3.70. The molecule has 0 bridgehead atoms. The molecule has 1 aromatic heterocycles. The molecular formula is C23H36N6O3. The highest BCUT2D eigenvalue weighted by atomic mass is 16.5. The van der Waals surface area contributed by atoms with Crippen LogP contribution in [0.15, 0.2) is 28.0 Å². The van der Waals surface area contributed by atoms with E-state index in [-0.39, 0.29) is 5.69 Å². The van der Waals surface area contributed by atoms with Crippen LogP contribution in [0.1, 0.15) is 43.1 Å². The second-order valence-electron chi connectivity index (χ2n) is 7.96. The van der Waals surface area contributed by atoms with Gasteiger partial charge in [-0.3, -0.25) is 4.57 Å². The fraction of sp³-hybridized carbons (Fsp3) is 0.609. The molecular weight excluding hydrogens is 408 g/mol. The lowest BCUT2D eigenvalue weighted by Gasteiger charge is -2.13. The molecule has 0 fully saturated rings. The van der Waals surface area contributed by atoms with Gasteiger partial charge in [0.05, 0.1) is 13.2 Å². The molecule has 0 amide bonds. The third kappa shape index (κ3) is 6.59. The SMILES string of the molecule is CCNC(=NCc1ccc(C)cc1OCCOC)NCCCn1nc2n(c1=O)CCCC2. The van der Waals surface area contributed by atoms with Crippen LogP contribution >= 0.6 is 0 Å². The summed E-state index contributed by atoms with van der Waals surface area (Å²) in [5, 5.41) is 11.1. The summed E-state index contributed by atoms with van der Waals surface area (Å²) < 4.78 is 14.4. The van der Waals surface area contributed by atoms with E-state index >= 15 is 0 Å². The third-order valence-electron chi connectivity index (χ3n) is 5.39. The maximum atomic E-state index is 12.4. The summed E-state index contributed by atoms with van der Waals surface area (Å²) >= 11 is 0. The van der Waals surface area contributed by atoms with Crippen LogP contribution in [0.25, 0.3) is 0 Å². The fourth-order valence-corrected chi connectivity index (χ4v) is 3.70. The summed E-state index contributed by atoms with van der Waals surface area (Å²) in [5.41, 5.74) is 2.19. The van der Waals surface area contributed by atoms with Crippen molar-refractivity contribution in [1.82, 2.24) is 25.0 Å². The Bertz CT molecular complexity index is 950. The monoisotopic (exact) mass is 444 g/mol. The summed E-state index contributed by atoms with van der Waals surface area (Å²) in [6, 6.07) is 6.15. The van der Waals surface area contributed by atoms with E-state index in [1.807, 2.05) is 24.5 Å². The average Bonchev–Trinajstić information content (AvgIpc) is 3.11. The van der Waals surface area contributed by atoms with Crippen molar-refractivity contribution in [1.29, 1.82) is 0 Å². The van der Waals surface area contributed by atoms with Crippen LogP contribution in [-0.4, -0.2) is 53.7 Å². The number of methoxy groups -OCH3 is 1. The van der Waals surface area contributed by atoms with E-state index in [1.165, 1.54) is 0 Å². The number of hydrogen-bond acceptors (Lipinski definition) is 5. The van der Waals surface area contributed by atoms with Gasteiger partial charge in [0.15, 0.2) is 5.96 Å². The van der Waals surface area contributed by atoms with Crippen LogP contribution in [0.3, 0.4) is 0 Å². The number of nitrogens with one attached hydrogen (secondary N) is 2. The molecule has 0 unspecified atom stereocenters. The average molecular weight is 445 g/mol. The molecule has 1 aromatic carbocycles. The number of ether oxygens (including phenoxy) is 2. The zero-order valence-corrected chi connectivity index (χ0v) is 19.5. The first-order chi connectivity index (χ1) is 15.6. The van der Waals surface area contributed by atoms with Gasteiger partial charge in [-0.2, -0.15) is 5.10 Å². The Balaban J connectivity index is 1.54. The molecule has 0 saturated heterocycles. The molecule has 0 radical (unpaired) electrons. The van der Waals surface area contributed by atoms with Gasteiger partial charge in [-0.1, -0.05) is 12.1 Å². The number of benzene rings is 1. The topological polar surface area (TPSA) is 94.7 Å². The number of aliphatic imine (C=N–C) groups is 1. The molecule has 0 spiro atoms. The van der Waals surface area contributed by atoms with Gasteiger partial charge in [0.2, 0.25) is 0 Å². The van der Waals surface area contributed by atoms with Crippen molar-refractivity contribution in [3.63, 3.8) is 0 Å². The van der Waals surface area contributed by atoms with E-state index in [0.717, 1.165) is 67.4 Å². The lowest BCUT2D eigenvalue weighted by Crippen LogP contribution is -2.38. The van der Waals surface area contributed by atoms with Crippen LogP contribution in [0.5, 0.6) is 5.75 Å². The highest BCUT2D eigenvalue weighted by molar-refractivity contribution is 5.79. The Hall–Kier alpha value is -2.81. The maximum Gasteiger partial charge on any atom is 0.345 e. The third-order valence-corrected chi connectivity index (χ3v) is 5.39. The van der Waals surface area contributed by atoms with Crippen molar-refractivity contribution < 1.29 is 9.47 Å². The molecule has 1 aliphatic heterocycles. The van der Waals surface area contributed by atoms with Crippen LogP contribution in [0.4, 0.5) is 0 Å². The Morgan fingerprint density at radius 2 is 2.12 bits per heavy atom. The first kappa shape index (κ1) is 23.8. The van der Waals surface area contributed by atoms with E-state index in [0.29, 0.717) is 32.8 Å². The van der Waals surface area contributed by atoms with Gasteiger partial charge in [0.25, 0.3) is 0 Å². The molecule has 0 atom stereocenters. The second kappa shape index (κ2) is 12.3. The van der Waals surface area contributed by atoms with Crippen molar-refractivity contribution in [2.24, 2.45) is 4.99 Å². The van der Waals surface area contributed by atoms with Gasteiger partial charge < -0.3 is 20.1 Å². The number of rotatable bonds is 11. The smallest absolute Gasteiger partial charge is 0.345 e. The second-order valence-corrected chi connectivity index (χ2v) is 7.96. The van der Waals surface area contributed by atoms with E-state index < -0.39 is 0 Å². The molecule has 176 valence electrons. The minimum Gasteiger partial charge on any atom is -0.491 e. The lowest BCUT2D eigenvalue weighted by molar-refractivity contribution is 0.145. The minimum atomic E-state index is 0.0145. The van der Waals surface area contributed by atoms with Crippen LogP contribution in [-0.2, 0) is 30.8 Å². The summed E-state index contributed by atoms with van der Waals surface area (Å²) in [5.74, 6) is 2.50. The Labute approximate surface area is 189 Å². The lowest BCUT2D eigenvalue weighted by atomic mass is 10.1. The highest BCUT2D eigenvalue weighted by Gasteiger charge is 2.16. The zero-order valence-electron chi connectivity index (χ0n) is 19.5. The summed E-state index contributed by atoms with van der Waals surface area (Å²) in [7, 11) is 1.66. The molecule has 1 aliphatic rings. The first-order valence-electron chi connectivity index (χ1n) is 11.5. The normalized spacial score (nSPS) is 13.7. The maximum absolute atomic E-state index is 12.4. The number of fused-ring (bicyclic) bond motifs is 1. The summed E-state index contributed by atoms with van der Waals surface area (Å²) in [4.78, 5) is 17.2. The molecule has 0 aliphatic carbocycles. The number of aromatic nitrogens is 3. The van der Waals surface area contributed by atoms with Crippen molar-refractivity contribution in [3.8, 4) is 5.75 Å². The Morgan fingerprint density at radius 1 is 1.25 bits per heavy atom. The van der Waals surface area contributed by atoms with Gasteiger partial charge in [0, 0.05) is 45.3 Å². The van der Waals surface area contributed by atoms with Gasteiger partial charge in [0.1, 0.15) is 18.2 Å². The minimum absolute atomic E-state index is 0.0145. The molecule has 2 aromatic rings. The largest absolute Gasteiger partial charge is 0.491 e. The Kier molecular flexibility index (Phi) is 9.15. The zero-order chi connectivity index (χ0) is 22.8. The van der Waals surface area contributed by atoms with Gasteiger partial charge in [-0.05, 0) is 44.7 Å². The van der Waals surface area contributed by atoms with E-state index in [4.69, 9.17) is 14.5 Å². The van der Waals surface area contributed by atoms with Gasteiger partial charge in [-0.15, -0.1) is 0 Å². The van der Waals surface area contributed by atoms with Crippen molar-refractivity contribution >= 4 is 5.96 Å². The van der Waals surface area contributed by atoms with E-state index in [2.05, 4.69) is 27.9 Å². The summed E-state index contributed by atoms with van der Waals surface area (Å²) in [6.07, 6.45) is 3.86. The molecule has 9 nitrogen and oxygen atoms in total. The molecule has 3 rings (SSSR count). The van der Waals surface area contributed by atoms with Gasteiger partial charge >= 0.3 is 5.69 Å². The predicted molar refractivity (Wildman–Crippen MR) is 125 cm³/mol. The molecule has 9 heteroatoms. The van der Waals surface area contributed by atoms with Crippen molar-refractivity contribution in [3.05, 3.63) is 45.6 Å². The van der Waals surface area contributed by atoms with E-state index in [1.54, 1.807) is 11.8 Å². The quantitative estimate of drug-likeness (QED) is 0.312. The van der Waals surface area contributed by atoms with Crippen LogP contribution < -0.4 is 21.1 Å².